The van der Waals surface area contributed by atoms with Crippen molar-refractivity contribution in [3.05, 3.63) is 0 Å². The van der Waals surface area contributed by atoms with E-state index in [4.69, 9.17) is 10.5 Å². The summed E-state index contributed by atoms with van der Waals surface area (Å²) in [5.74, 6) is 0.259. The number of carbonyl (C=O) groups excluding carboxylic acids is 3. The summed E-state index contributed by atoms with van der Waals surface area (Å²) in [4.78, 5) is 38.0. The van der Waals surface area contributed by atoms with Gasteiger partial charge in [0.15, 0.2) is 0 Å². The SMILES string of the molecule is CCOC(=O)C(N)CSCC(=O)N1CCN(C(C)=O)CC1. The summed E-state index contributed by atoms with van der Waals surface area (Å²) >= 11 is 1.33. The number of amides is 2. The van der Waals surface area contributed by atoms with Gasteiger partial charge in [-0.05, 0) is 6.92 Å². The van der Waals surface area contributed by atoms with Crippen LogP contribution in [0.3, 0.4) is 0 Å². The van der Waals surface area contributed by atoms with E-state index in [1.54, 1.807) is 16.7 Å². The molecule has 7 nitrogen and oxygen atoms in total. The third-order valence-corrected chi connectivity index (χ3v) is 4.24. The molecule has 8 heteroatoms. The third-order valence-electron chi connectivity index (χ3n) is 3.19. The molecule has 0 aromatic rings. The molecule has 0 spiro atoms. The van der Waals surface area contributed by atoms with E-state index in [9.17, 15) is 14.4 Å². The summed E-state index contributed by atoms with van der Waals surface area (Å²) in [6, 6.07) is -0.697. The van der Waals surface area contributed by atoms with Crippen molar-refractivity contribution in [3.63, 3.8) is 0 Å². The van der Waals surface area contributed by atoms with Crippen molar-refractivity contribution in [2.75, 3.05) is 44.3 Å². The first-order valence-corrected chi connectivity index (χ1v) is 8.14. The van der Waals surface area contributed by atoms with Gasteiger partial charge in [0.25, 0.3) is 0 Å². The van der Waals surface area contributed by atoms with Gasteiger partial charge in [-0.25, -0.2) is 0 Å². The molecule has 1 unspecified atom stereocenters. The Labute approximate surface area is 129 Å². The number of nitrogens with zero attached hydrogens (tertiary/aromatic N) is 2. The molecule has 2 N–H and O–H groups in total. The average molecular weight is 317 g/mol. The van der Waals surface area contributed by atoms with Crippen LogP contribution in [0.25, 0.3) is 0 Å². The lowest BCUT2D eigenvalue weighted by molar-refractivity contribution is -0.144. The first-order chi connectivity index (χ1) is 9.95. The van der Waals surface area contributed by atoms with Crippen molar-refractivity contribution in [3.8, 4) is 0 Å². The minimum absolute atomic E-state index is 0.0132. The Hall–Kier alpha value is -1.28. The van der Waals surface area contributed by atoms with Crippen molar-refractivity contribution >= 4 is 29.5 Å². The van der Waals surface area contributed by atoms with E-state index in [2.05, 4.69) is 0 Å². The second-order valence-corrected chi connectivity index (χ2v) is 5.79. The lowest BCUT2D eigenvalue weighted by atomic mass is 10.3. The number of rotatable bonds is 6. The molecule has 2 amide bonds. The van der Waals surface area contributed by atoms with Gasteiger partial charge in [0.1, 0.15) is 6.04 Å². The van der Waals surface area contributed by atoms with Gasteiger partial charge in [-0.15, -0.1) is 11.8 Å². The van der Waals surface area contributed by atoms with Crippen LogP contribution in [0.15, 0.2) is 0 Å². The number of piperazine rings is 1. The Kier molecular flexibility index (Phi) is 7.52. The van der Waals surface area contributed by atoms with Crippen molar-refractivity contribution in [1.82, 2.24) is 9.80 Å². The Balaban J connectivity index is 2.23. The molecule has 21 heavy (non-hydrogen) atoms. The molecule has 0 aromatic heterocycles. The van der Waals surface area contributed by atoms with Gasteiger partial charge in [0.05, 0.1) is 12.4 Å². The smallest absolute Gasteiger partial charge is 0.323 e. The van der Waals surface area contributed by atoms with Gasteiger partial charge in [-0.3, -0.25) is 14.4 Å². The van der Waals surface area contributed by atoms with E-state index in [0.717, 1.165) is 0 Å². The molecule has 1 aliphatic heterocycles. The lowest BCUT2D eigenvalue weighted by Crippen LogP contribution is -2.50. The maximum Gasteiger partial charge on any atom is 0.323 e. The van der Waals surface area contributed by atoms with Crippen LogP contribution in [0.1, 0.15) is 13.8 Å². The topological polar surface area (TPSA) is 92.9 Å². The fourth-order valence-corrected chi connectivity index (χ4v) is 2.82. The molecule has 1 heterocycles. The van der Waals surface area contributed by atoms with Crippen LogP contribution in [-0.4, -0.2) is 77.9 Å². The number of carbonyl (C=O) groups is 3. The fraction of sp³-hybridized carbons (Fsp3) is 0.769. The van der Waals surface area contributed by atoms with Crippen LogP contribution in [-0.2, 0) is 19.1 Å². The summed E-state index contributed by atoms with van der Waals surface area (Å²) in [6.45, 7) is 5.83. The molecule has 0 bridgehead atoms. The first-order valence-electron chi connectivity index (χ1n) is 6.99. The fourth-order valence-electron chi connectivity index (χ4n) is 1.95. The molecule has 1 saturated heterocycles. The molecule has 1 fully saturated rings. The van der Waals surface area contributed by atoms with Crippen LogP contribution in [0.2, 0.25) is 0 Å². The Morgan fingerprint density at radius 2 is 1.76 bits per heavy atom. The monoisotopic (exact) mass is 317 g/mol. The molecule has 0 saturated carbocycles. The second-order valence-electron chi connectivity index (χ2n) is 4.76. The normalized spacial score (nSPS) is 16.5. The number of hydrogen-bond donors (Lipinski definition) is 1. The molecular formula is C13H23N3O4S. The van der Waals surface area contributed by atoms with Gasteiger partial charge in [-0.2, -0.15) is 0 Å². The highest BCUT2D eigenvalue weighted by molar-refractivity contribution is 8.00. The average Bonchev–Trinajstić information content (AvgIpc) is 2.47. The Bertz CT molecular complexity index is 384. The predicted molar refractivity (Wildman–Crippen MR) is 80.8 cm³/mol. The quantitative estimate of drug-likeness (QED) is 0.651. The number of hydrogen-bond acceptors (Lipinski definition) is 6. The van der Waals surface area contributed by atoms with Crippen molar-refractivity contribution < 1.29 is 19.1 Å². The molecule has 1 rings (SSSR count). The standard InChI is InChI=1S/C13H23N3O4S/c1-3-20-13(19)11(14)8-21-9-12(18)16-6-4-15(5-7-16)10(2)17/h11H,3-9,14H2,1-2H3. The number of esters is 1. The molecule has 0 aliphatic carbocycles. The number of thioether (sulfide) groups is 1. The van der Waals surface area contributed by atoms with E-state index < -0.39 is 12.0 Å². The van der Waals surface area contributed by atoms with Crippen LogP contribution >= 0.6 is 11.8 Å². The zero-order chi connectivity index (χ0) is 15.8. The highest BCUT2D eigenvalue weighted by atomic mass is 32.2. The van der Waals surface area contributed by atoms with Crippen molar-refractivity contribution in [2.45, 2.75) is 19.9 Å². The van der Waals surface area contributed by atoms with Gasteiger partial charge < -0.3 is 20.3 Å². The van der Waals surface area contributed by atoms with Crippen LogP contribution in [0.4, 0.5) is 0 Å². The minimum Gasteiger partial charge on any atom is -0.465 e. The zero-order valence-electron chi connectivity index (χ0n) is 12.5. The summed E-state index contributed by atoms with van der Waals surface area (Å²) < 4.78 is 4.80. The molecule has 120 valence electrons. The minimum atomic E-state index is -0.697. The number of nitrogens with two attached hydrogens (primary N) is 1. The van der Waals surface area contributed by atoms with Gasteiger partial charge in [-0.1, -0.05) is 0 Å². The first kappa shape index (κ1) is 17.8. The Morgan fingerprint density at radius 1 is 1.19 bits per heavy atom. The molecule has 1 atom stereocenters. The van der Waals surface area contributed by atoms with Crippen LogP contribution in [0, 0.1) is 0 Å². The maximum atomic E-state index is 12.0. The zero-order valence-corrected chi connectivity index (χ0v) is 13.4. The van der Waals surface area contributed by atoms with Gasteiger partial charge >= 0.3 is 5.97 Å². The van der Waals surface area contributed by atoms with E-state index >= 15 is 0 Å². The van der Waals surface area contributed by atoms with Crippen molar-refractivity contribution in [2.24, 2.45) is 5.73 Å². The molecule has 1 aliphatic rings. The summed E-state index contributed by atoms with van der Waals surface area (Å²) in [5, 5.41) is 0. The summed E-state index contributed by atoms with van der Waals surface area (Å²) in [5.41, 5.74) is 5.66. The van der Waals surface area contributed by atoms with E-state index in [-0.39, 0.29) is 17.6 Å². The Morgan fingerprint density at radius 3 is 2.29 bits per heavy atom. The highest BCUT2D eigenvalue weighted by Gasteiger charge is 2.22. The lowest BCUT2D eigenvalue weighted by Gasteiger charge is -2.34. The van der Waals surface area contributed by atoms with Gasteiger partial charge in [0, 0.05) is 38.9 Å². The van der Waals surface area contributed by atoms with E-state index in [1.165, 1.54) is 18.7 Å². The molecule has 0 aromatic carbocycles. The largest absolute Gasteiger partial charge is 0.465 e. The third kappa shape index (κ3) is 5.92. The molecular weight excluding hydrogens is 294 g/mol. The predicted octanol–water partition coefficient (Wildman–Crippen LogP) is -0.699. The van der Waals surface area contributed by atoms with Crippen LogP contribution in [0.5, 0.6) is 0 Å². The maximum absolute atomic E-state index is 12.0. The summed E-state index contributed by atoms with van der Waals surface area (Å²) in [7, 11) is 0. The number of ether oxygens (including phenoxy) is 1. The van der Waals surface area contributed by atoms with Crippen LogP contribution < -0.4 is 5.73 Å². The molecule has 0 radical (unpaired) electrons. The second kappa shape index (κ2) is 8.89. The van der Waals surface area contributed by atoms with E-state index in [1.807, 2.05) is 0 Å². The van der Waals surface area contributed by atoms with Crippen molar-refractivity contribution in [1.29, 1.82) is 0 Å². The van der Waals surface area contributed by atoms with Gasteiger partial charge in [0.2, 0.25) is 11.8 Å². The summed E-state index contributed by atoms with van der Waals surface area (Å²) in [6.07, 6.45) is 0. The highest BCUT2D eigenvalue weighted by Crippen LogP contribution is 2.08. The van der Waals surface area contributed by atoms with E-state index in [0.29, 0.717) is 38.5 Å².